The molecule has 1 atom stereocenters. The lowest BCUT2D eigenvalue weighted by Gasteiger charge is -2.18. The maximum absolute atomic E-state index is 12.9. The van der Waals surface area contributed by atoms with Gasteiger partial charge in [-0.2, -0.15) is 0 Å². The predicted octanol–water partition coefficient (Wildman–Crippen LogP) is 20.0. The molecule has 0 aromatic heterocycles. The molecule has 0 aliphatic carbocycles. The molecule has 0 radical (unpaired) electrons. The first-order valence-corrected chi connectivity index (χ1v) is 29.3. The Morgan fingerprint density at radius 3 is 0.890 bits per heavy atom. The van der Waals surface area contributed by atoms with E-state index in [4.69, 9.17) is 14.2 Å². The maximum Gasteiger partial charge on any atom is 0.306 e. The summed E-state index contributed by atoms with van der Waals surface area (Å²) in [5, 5.41) is 0. The van der Waals surface area contributed by atoms with Crippen molar-refractivity contribution in [2.45, 2.75) is 245 Å². The minimum atomic E-state index is -0.824. The zero-order valence-corrected chi connectivity index (χ0v) is 46.8. The average Bonchev–Trinajstić information content (AvgIpc) is 3.39. The number of allylic oxidation sites excluding steroid dienone is 24. The fraction of sp³-hybridized carbons (Fsp3) is 0.597. The molecule has 73 heavy (non-hydrogen) atoms. The molecule has 0 aromatic carbocycles. The Hall–Kier alpha value is -4.71. The highest BCUT2D eigenvalue weighted by Crippen LogP contribution is 2.14. The van der Waals surface area contributed by atoms with Gasteiger partial charge in [-0.15, -0.1) is 0 Å². The zero-order valence-electron chi connectivity index (χ0n) is 46.8. The third kappa shape index (κ3) is 58.1. The van der Waals surface area contributed by atoms with Gasteiger partial charge in [-0.3, -0.25) is 14.4 Å². The standard InChI is InChI=1S/C67H106O6/c1-4-7-10-13-16-19-22-25-27-29-31-32-33-34-36-37-39-42-45-48-51-54-57-60-66(69)72-63-64(62-71-65(68)59-56-53-50-47-44-41-24-21-18-15-12-9-6-3)73-67(70)61-58-55-52-49-46-43-40-38-35-30-28-26-23-20-17-14-11-8-5-2/h7-8,10-11,16-17,19-20,25-28,31-32,34-36,38-39,42-43,46,48,51,64H,4-6,9,12-15,18,21-24,29-30,33,37,40-41,44-45,47,49-50,52-63H2,1-3H3/b10-7-,11-8-,19-16-,20-17-,27-25-,28-26-,32-31-,36-34-,38-35-,42-39-,46-43-,51-48-. The normalized spacial score (nSPS) is 13.2. The molecule has 0 aromatic rings. The summed E-state index contributed by atoms with van der Waals surface area (Å²) in [5.41, 5.74) is 0. The Balaban J connectivity index is 4.55. The van der Waals surface area contributed by atoms with Crippen LogP contribution in [0.4, 0.5) is 0 Å². The maximum atomic E-state index is 12.9. The van der Waals surface area contributed by atoms with Gasteiger partial charge in [0, 0.05) is 19.3 Å². The molecule has 0 amide bonds. The Labute approximate surface area is 448 Å². The van der Waals surface area contributed by atoms with Gasteiger partial charge in [0.2, 0.25) is 0 Å². The van der Waals surface area contributed by atoms with Gasteiger partial charge in [0.1, 0.15) is 13.2 Å². The summed E-state index contributed by atoms with van der Waals surface area (Å²) in [6.45, 7) is 6.33. The van der Waals surface area contributed by atoms with Crippen molar-refractivity contribution < 1.29 is 28.6 Å². The highest BCUT2D eigenvalue weighted by molar-refractivity contribution is 5.71. The third-order valence-electron chi connectivity index (χ3n) is 11.8. The molecule has 0 aliphatic rings. The molecule has 0 rings (SSSR count). The van der Waals surface area contributed by atoms with Gasteiger partial charge < -0.3 is 14.2 Å². The number of hydrogen-bond donors (Lipinski definition) is 0. The van der Waals surface area contributed by atoms with Gasteiger partial charge in [0.25, 0.3) is 0 Å². The molecule has 0 fully saturated rings. The molecule has 0 saturated carbocycles. The average molecular weight is 1010 g/mol. The summed E-state index contributed by atoms with van der Waals surface area (Å²) in [6, 6.07) is 0. The molecule has 0 spiro atoms. The monoisotopic (exact) mass is 1010 g/mol. The van der Waals surface area contributed by atoms with E-state index in [9.17, 15) is 14.4 Å². The molecule has 410 valence electrons. The van der Waals surface area contributed by atoms with Crippen molar-refractivity contribution >= 4 is 17.9 Å². The van der Waals surface area contributed by atoms with Gasteiger partial charge in [0.05, 0.1) is 0 Å². The van der Waals surface area contributed by atoms with E-state index in [0.717, 1.165) is 122 Å². The summed E-state index contributed by atoms with van der Waals surface area (Å²) in [5.74, 6) is -1.01. The molecule has 0 N–H and O–H groups in total. The van der Waals surface area contributed by atoms with E-state index in [-0.39, 0.29) is 44.0 Å². The SMILES string of the molecule is CC/C=C\C/C=C\C/C=C\C/C=C\C/C=C\C/C=C\C/C=C\CCCC(=O)OCC(COC(=O)CCCCCCCCCCCCCCC)OC(=O)CCCCC/C=C\C/C=C\C/C=C\C/C=C\C/C=C\CC. The van der Waals surface area contributed by atoms with E-state index >= 15 is 0 Å². The molecule has 6 heteroatoms. The second-order valence-electron chi connectivity index (χ2n) is 18.8. The van der Waals surface area contributed by atoms with E-state index in [2.05, 4.69) is 167 Å². The quantitative estimate of drug-likeness (QED) is 0.0261. The highest BCUT2D eigenvalue weighted by Gasteiger charge is 2.19. The first kappa shape index (κ1) is 68.3. The van der Waals surface area contributed by atoms with Crippen molar-refractivity contribution in [2.24, 2.45) is 0 Å². The van der Waals surface area contributed by atoms with Crippen LogP contribution < -0.4 is 0 Å². The lowest BCUT2D eigenvalue weighted by Crippen LogP contribution is -2.30. The van der Waals surface area contributed by atoms with Gasteiger partial charge in [0.15, 0.2) is 6.10 Å². The Morgan fingerprint density at radius 1 is 0.288 bits per heavy atom. The largest absolute Gasteiger partial charge is 0.462 e. The van der Waals surface area contributed by atoms with Gasteiger partial charge in [-0.25, -0.2) is 0 Å². The van der Waals surface area contributed by atoms with Crippen LogP contribution >= 0.6 is 0 Å². The molecule has 0 saturated heterocycles. The first-order chi connectivity index (χ1) is 36.0. The number of esters is 3. The van der Waals surface area contributed by atoms with E-state index in [1.807, 2.05) is 0 Å². The fourth-order valence-corrected chi connectivity index (χ4v) is 7.52. The number of carbonyl (C=O) groups excluding carboxylic acids is 3. The summed E-state index contributed by atoms with van der Waals surface area (Å²) in [4.78, 5) is 38.2. The second-order valence-corrected chi connectivity index (χ2v) is 18.8. The minimum absolute atomic E-state index is 0.113. The highest BCUT2D eigenvalue weighted by atomic mass is 16.6. The van der Waals surface area contributed by atoms with Crippen LogP contribution in [0, 0.1) is 0 Å². The van der Waals surface area contributed by atoms with Crippen LogP contribution in [-0.2, 0) is 28.6 Å². The summed E-state index contributed by atoms with van der Waals surface area (Å²) in [7, 11) is 0. The van der Waals surface area contributed by atoms with Crippen molar-refractivity contribution in [1.29, 1.82) is 0 Å². The van der Waals surface area contributed by atoms with Crippen molar-refractivity contribution in [3.8, 4) is 0 Å². The van der Waals surface area contributed by atoms with Gasteiger partial charge >= 0.3 is 17.9 Å². The lowest BCUT2D eigenvalue weighted by molar-refractivity contribution is -0.167. The van der Waals surface area contributed by atoms with Crippen molar-refractivity contribution in [3.63, 3.8) is 0 Å². The number of carbonyl (C=O) groups is 3. The van der Waals surface area contributed by atoms with Crippen LogP contribution in [0.15, 0.2) is 146 Å². The third-order valence-corrected chi connectivity index (χ3v) is 11.8. The summed E-state index contributed by atoms with van der Waals surface area (Å²) < 4.78 is 16.8. The fourth-order valence-electron chi connectivity index (χ4n) is 7.52. The molecule has 6 nitrogen and oxygen atoms in total. The van der Waals surface area contributed by atoms with Gasteiger partial charge in [-0.05, 0) is 116 Å². The smallest absolute Gasteiger partial charge is 0.306 e. The van der Waals surface area contributed by atoms with Crippen LogP contribution in [0.2, 0.25) is 0 Å². The molecule has 0 bridgehead atoms. The van der Waals surface area contributed by atoms with Crippen LogP contribution in [0.1, 0.15) is 239 Å². The van der Waals surface area contributed by atoms with E-state index < -0.39 is 6.10 Å². The number of hydrogen-bond acceptors (Lipinski definition) is 6. The second kappa shape index (κ2) is 59.8. The number of ether oxygens (including phenoxy) is 3. The van der Waals surface area contributed by atoms with Crippen LogP contribution in [0.3, 0.4) is 0 Å². The van der Waals surface area contributed by atoms with E-state index in [1.54, 1.807) is 0 Å². The number of unbranched alkanes of at least 4 members (excludes halogenated alkanes) is 16. The zero-order chi connectivity index (χ0) is 52.9. The number of rotatable bonds is 51. The lowest BCUT2D eigenvalue weighted by atomic mass is 10.0. The Morgan fingerprint density at radius 2 is 0.548 bits per heavy atom. The summed E-state index contributed by atoms with van der Waals surface area (Å²) in [6.07, 6.45) is 85.6. The molecular formula is C67H106O6. The molecule has 0 aliphatic heterocycles. The van der Waals surface area contributed by atoms with Gasteiger partial charge in [-0.1, -0.05) is 250 Å². The topological polar surface area (TPSA) is 78.9 Å². The van der Waals surface area contributed by atoms with Crippen LogP contribution in [-0.4, -0.2) is 37.2 Å². The summed E-state index contributed by atoms with van der Waals surface area (Å²) >= 11 is 0. The van der Waals surface area contributed by atoms with E-state index in [0.29, 0.717) is 19.3 Å². The molecule has 0 heterocycles. The van der Waals surface area contributed by atoms with E-state index in [1.165, 1.54) is 64.2 Å². The van der Waals surface area contributed by atoms with Crippen molar-refractivity contribution in [3.05, 3.63) is 146 Å². The Bertz CT molecular complexity index is 1630. The Kier molecular flexibility index (Phi) is 56.0. The molecule has 1 unspecified atom stereocenters. The van der Waals surface area contributed by atoms with Crippen LogP contribution in [0.5, 0.6) is 0 Å². The first-order valence-electron chi connectivity index (χ1n) is 29.3. The van der Waals surface area contributed by atoms with Crippen molar-refractivity contribution in [2.75, 3.05) is 13.2 Å². The predicted molar refractivity (Wildman–Crippen MR) is 315 cm³/mol. The minimum Gasteiger partial charge on any atom is -0.462 e. The van der Waals surface area contributed by atoms with Crippen LogP contribution in [0.25, 0.3) is 0 Å². The molecular weight excluding hydrogens is 901 g/mol. The van der Waals surface area contributed by atoms with Crippen molar-refractivity contribution in [1.82, 2.24) is 0 Å².